The normalized spacial score (nSPS) is 14.6. The molecule has 1 atom stereocenters. The highest BCUT2D eigenvalue weighted by molar-refractivity contribution is 9.11. The van der Waals surface area contributed by atoms with E-state index in [9.17, 15) is 0 Å². The lowest BCUT2D eigenvalue weighted by Crippen LogP contribution is -2.12. The van der Waals surface area contributed by atoms with E-state index >= 15 is 0 Å². The number of aliphatic hydroxyl groups is 1. The maximum atomic E-state index is 9.12. The molecule has 0 aliphatic rings. The van der Waals surface area contributed by atoms with E-state index < -0.39 is 0 Å². The van der Waals surface area contributed by atoms with E-state index in [1.54, 1.807) is 12.3 Å². The fourth-order valence-corrected chi connectivity index (χ4v) is 2.08. The van der Waals surface area contributed by atoms with Crippen molar-refractivity contribution in [2.45, 2.75) is 33.8 Å². The Morgan fingerprint density at radius 2 is 2.21 bits per heavy atom. The minimum atomic E-state index is -0.00375. The number of rotatable bonds is 5. The Balaban J connectivity index is 3.25. The van der Waals surface area contributed by atoms with Gasteiger partial charge in [0.1, 0.15) is 0 Å². The van der Waals surface area contributed by atoms with Crippen LogP contribution in [0.5, 0.6) is 0 Å². The molecular weight excluding hydrogens is 326 g/mol. The van der Waals surface area contributed by atoms with Gasteiger partial charge in [0.2, 0.25) is 0 Å². The summed E-state index contributed by atoms with van der Waals surface area (Å²) >= 11 is 9.67. The lowest BCUT2D eigenvalue weighted by Gasteiger charge is -2.14. The minimum absolute atomic E-state index is 0.00375. The molecule has 2 nitrogen and oxygen atoms in total. The molecule has 0 fully saturated rings. The van der Waals surface area contributed by atoms with Crippen LogP contribution in [0.1, 0.15) is 38.3 Å². The Kier molecular flexibility index (Phi) is 6.76. The first-order valence-electron chi connectivity index (χ1n) is 6.29. The quantitative estimate of drug-likeness (QED) is 0.755. The summed E-state index contributed by atoms with van der Waals surface area (Å²) < 4.78 is 0.969. The van der Waals surface area contributed by atoms with Crippen LogP contribution in [0.3, 0.4) is 0 Å². The summed E-state index contributed by atoms with van der Waals surface area (Å²) in [4.78, 5) is 4.54. The maximum Gasteiger partial charge on any atom is 0.0682 e. The minimum Gasteiger partial charge on any atom is -0.392 e. The SMILES string of the molecule is CCC(C)C(=N/C=C(\C)Br)c1ccc(CO)cc1Cl. The molecule has 1 unspecified atom stereocenters. The summed E-state index contributed by atoms with van der Waals surface area (Å²) in [6, 6.07) is 5.60. The van der Waals surface area contributed by atoms with Gasteiger partial charge in [-0.05, 0) is 30.9 Å². The van der Waals surface area contributed by atoms with Crippen LogP contribution in [-0.4, -0.2) is 10.8 Å². The number of hydrogen-bond donors (Lipinski definition) is 1. The predicted octanol–water partition coefficient (Wildman–Crippen LogP) is 4.92. The van der Waals surface area contributed by atoms with Crippen molar-refractivity contribution < 1.29 is 5.11 Å². The molecule has 0 saturated carbocycles. The molecule has 1 rings (SSSR count). The Bertz CT molecular complexity index is 493. The summed E-state index contributed by atoms with van der Waals surface area (Å²) in [7, 11) is 0. The molecule has 0 bridgehead atoms. The molecule has 19 heavy (non-hydrogen) atoms. The van der Waals surface area contributed by atoms with Crippen LogP contribution in [0, 0.1) is 5.92 Å². The molecule has 4 heteroatoms. The number of aliphatic hydroxyl groups excluding tert-OH is 1. The second kappa shape index (κ2) is 7.83. The third-order valence-electron chi connectivity index (χ3n) is 2.95. The lowest BCUT2D eigenvalue weighted by molar-refractivity contribution is 0.282. The van der Waals surface area contributed by atoms with Gasteiger partial charge in [0.15, 0.2) is 0 Å². The Morgan fingerprint density at radius 3 is 2.68 bits per heavy atom. The number of allylic oxidation sites excluding steroid dienone is 1. The molecule has 0 aliphatic heterocycles. The zero-order chi connectivity index (χ0) is 14.4. The van der Waals surface area contributed by atoms with Crippen molar-refractivity contribution in [3.8, 4) is 0 Å². The molecule has 0 aliphatic carbocycles. The number of nitrogens with zero attached hydrogens (tertiary/aromatic N) is 1. The topological polar surface area (TPSA) is 32.6 Å². The van der Waals surface area contributed by atoms with Gasteiger partial charge in [0.05, 0.1) is 12.3 Å². The van der Waals surface area contributed by atoms with Gasteiger partial charge in [0.25, 0.3) is 0 Å². The van der Waals surface area contributed by atoms with Gasteiger partial charge in [-0.25, -0.2) is 0 Å². The molecule has 0 saturated heterocycles. The second-order valence-electron chi connectivity index (χ2n) is 4.51. The first kappa shape index (κ1) is 16.4. The highest BCUT2D eigenvalue weighted by atomic mass is 79.9. The van der Waals surface area contributed by atoms with Crippen molar-refractivity contribution in [3.05, 3.63) is 45.0 Å². The van der Waals surface area contributed by atoms with Crippen molar-refractivity contribution in [3.63, 3.8) is 0 Å². The van der Waals surface area contributed by atoms with Crippen molar-refractivity contribution in [2.24, 2.45) is 10.9 Å². The number of hydrogen-bond acceptors (Lipinski definition) is 2. The summed E-state index contributed by atoms with van der Waals surface area (Å²) in [5, 5.41) is 9.75. The lowest BCUT2D eigenvalue weighted by atomic mass is 9.95. The standard InChI is InChI=1S/C15H19BrClNO/c1-4-10(2)15(18-8-11(3)16)13-6-5-12(9-19)7-14(13)17/h5-8,10,19H,4,9H2,1-3H3/b11-8+,18-15?. The predicted molar refractivity (Wildman–Crippen MR) is 86.1 cm³/mol. The smallest absolute Gasteiger partial charge is 0.0682 e. The summed E-state index contributed by atoms with van der Waals surface area (Å²) in [5.74, 6) is 0.320. The Hall–Kier alpha value is -0.640. The van der Waals surface area contributed by atoms with Gasteiger partial charge in [-0.2, -0.15) is 0 Å². The van der Waals surface area contributed by atoms with E-state index in [4.69, 9.17) is 16.7 Å². The highest BCUT2D eigenvalue weighted by Gasteiger charge is 2.14. The first-order chi connectivity index (χ1) is 8.99. The van der Waals surface area contributed by atoms with E-state index in [0.29, 0.717) is 10.9 Å². The third-order valence-corrected chi connectivity index (χ3v) is 3.47. The van der Waals surface area contributed by atoms with Crippen molar-refractivity contribution in [1.82, 2.24) is 0 Å². The third kappa shape index (κ3) is 4.75. The zero-order valence-corrected chi connectivity index (χ0v) is 13.8. The fourth-order valence-electron chi connectivity index (χ4n) is 1.68. The number of benzene rings is 1. The highest BCUT2D eigenvalue weighted by Crippen LogP contribution is 2.23. The number of halogens is 2. The molecular formula is C15H19BrClNO. The second-order valence-corrected chi connectivity index (χ2v) is 6.17. The Labute approximate surface area is 128 Å². The Morgan fingerprint density at radius 1 is 1.53 bits per heavy atom. The van der Waals surface area contributed by atoms with Gasteiger partial charge in [-0.15, -0.1) is 0 Å². The largest absolute Gasteiger partial charge is 0.392 e. The van der Waals surface area contributed by atoms with Crippen LogP contribution < -0.4 is 0 Å². The van der Waals surface area contributed by atoms with Crippen LogP contribution in [0.15, 0.2) is 33.9 Å². The fraction of sp³-hybridized carbons (Fsp3) is 0.400. The molecule has 1 aromatic carbocycles. The van der Waals surface area contributed by atoms with Crippen molar-refractivity contribution >= 4 is 33.2 Å². The van der Waals surface area contributed by atoms with Gasteiger partial charge < -0.3 is 5.11 Å². The summed E-state index contributed by atoms with van der Waals surface area (Å²) in [6.45, 7) is 6.19. The molecule has 0 heterocycles. The van der Waals surface area contributed by atoms with Gasteiger partial charge in [0, 0.05) is 21.3 Å². The van der Waals surface area contributed by atoms with Crippen LogP contribution >= 0.6 is 27.5 Å². The van der Waals surface area contributed by atoms with E-state index in [0.717, 1.165) is 27.7 Å². The number of aliphatic imine (C=N–C) groups is 1. The van der Waals surface area contributed by atoms with Crippen LogP contribution in [0.2, 0.25) is 5.02 Å². The maximum absolute atomic E-state index is 9.12. The molecule has 0 spiro atoms. The first-order valence-corrected chi connectivity index (χ1v) is 7.46. The van der Waals surface area contributed by atoms with E-state index in [-0.39, 0.29) is 6.61 Å². The van der Waals surface area contributed by atoms with Gasteiger partial charge >= 0.3 is 0 Å². The van der Waals surface area contributed by atoms with E-state index in [2.05, 4.69) is 34.8 Å². The van der Waals surface area contributed by atoms with Gasteiger partial charge in [-0.3, -0.25) is 4.99 Å². The van der Waals surface area contributed by atoms with E-state index in [1.165, 1.54) is 0 Å². The molecule has 0 aromatic heterocycles. The van der Waals surface area contributed by atoms with Crippen LogP contribution in [0.4, 0.5) is 0 Å². The van der Waals surface area contributed by atoms with Crippen molar-refractivity contribution in [1.29, 1.82) is 0 Å². The molecule has 0 amide bonds. The molecule has 0 radical (unpaired) electrons. The average molecular weight is 345 g/mol. The average Bonchev–Trinajstić information content (AvgIpc) is 2.39. The zero-order valence-electron chi connectivity index (χ0n) is 11.5. The van der Waals surface area contributed by atoms with E-state index in [1.807, 2.05) is 19.1 Å². The van der Waals surface area contributed by atoms with Crippen LogP contribution in [-0.2, 0) is 6.61 Å². The molecule has 1 aromatic rings. The van der Waals surface area contributed by atoms with Gasteiger partial charge in [-0.1, -0.05) is 53.5 Å². The summed E-state index contributed by atoms with van der Waals surface area (Å²) in [6.07, 6.45) is 2.78. The monoisotopic (exact) mass is 343 g/mol. The molecule has 104 valence electrons. The van der Waals surface area contributed by atoms with Crippen LogP contribution in [0.25, 0.3) is 0 Å². The molecule has 1 N–H and O–H groups in total. The summed E-state index contributed by atoms with van der Waals surface area (Å²) in [5.41, 5.74) is 2.71. The van der Waals surface area contributed by atoms with Crippen molar-refractivity contribution in [2.75, 3.05) is 0 Å².